The van der Waals surface area contributed by atoms with Gasteiger partial charge in [0.05, 0.1) is 19.0 Å². The van der Waals surface area contributed by atoms with Crippen molar-refractivity contribution in [2.45, 2.75) is 13.1 Å². The monoisotopic (exact) mass is 416 g/mol. The Kier molecular flexibility index (Phi) is 6.31. The van der Waals surface area contributed by atoms with E-state index >= 15 is 0 Å². The highest BCUT2D eigenvalue weighted by molar-refractivity contribution is 6.59. The number of hydrogen-bond donors (Lipinski definition) is 3. The largest absolute Gasteiger partial charge is 0.489 e. The summed E-state index contributed by atoms with van der Waals surface area (Å²) in [5.74, 6) is 0. The van der Waals surface area contributed by atoms with Crippen LogP contribution in [-0.4, -0.2) is 43.4 Å². The van der Waals surface area contributed by atoms with Crippen molar-refractivity contribution in [3.05, 3.63) is 78.0 Å². The summed E-state index contributed by atoms with van der Waals surface area (Å²) in [6.07, 6.45) is 2.11. The molecular weight excluding hydrogens is 389 g/mol. The molecule has 0 fully saturated rings. The second-order valence-corrected chi connectivity index (χ2v) is 7.66. The van der Waals surface area contributed by atoms with E-state index in [1.807, 2.05) is 32.3 Å². The maximum Gasteiger partial charge on any atom is 0.489 e. The lowest BCUT2D eigenvalue weighted by molar-refractivity contribution is -0.566. The molecule has 7 heteroatoms. The molecule has 0 atom stereocenters. The molecular formula is C24H27BN3O3+. The summed E-state index contributed by atoms with van der Waals surface area (Å²) in [5, 5.41) is 28.4. The van der Waals surface area contributed by atoms with E-state index < -0.39 is 7.12 Å². The molecule has 3 N–H and O–H groups in total. The molecule has 3 aromatic carbocycles. The summed E-state index contributed by atoms with van der Waals surface area (Å²) in [7, 11) is 3.78. The third-order valence-electron chi connectivity index (χ3n) is 5.64. The van der Waals surface area contributed by atoms with Crippen molar-refractivity contribution < 1.29 is 19.5 Å². The van der Waals surface area contributed by atoms with E-state index in [-0.39, 0.29) is 0 Å². The number of aromatic nitrogens is 1. The van der Waals surface area contributed by atoms with Crippen LogP contribution in [0.25, 0.3) is 27.4 Å². The van der Waals surface area contributed by atoms with Crippen molar-refractivity contribution in [2.75, 3.05) is 21.2 Å². The number of rotatable bonds is 7. The molecule has 0 saturated heterocycles. The highest BCUT2D eigenvalue weighted by atomic mass is 16.7. The standard InChI is InChI=1S/C24H27BN3O3/c1-26-14-17-11-12-24-20(13-17)19-8-5-4-7-18(19)15-28(24)23-10-6-9-22(25(29)30)21(23)16-27(2)31-3/h4-13,15,26,29-30H,14,16H2,1-3H3/q+1. The predicted octanol–water partition coefficient (Wildman–Crippen LogP) is 1.66. The van der Waals surface area contributed by atoms with Gasteiger partial charge in [-0.05, 0) is 30.2 Å². The van der Waals surface area contributed by atoms with Crippen LogP contribution in [0.15, 0.2) is 66.9 Å². The van der Waals surface area contributed by atoms with Crippen LogP contribution in [0.4, 0.5) is 0 Å². The second-order valence-electron chi connectivity index (χ2n) is 7.66. The molecule has 0 unspecified atom stereocenters. The molecule has 4 rings (SSSR count). The first kappa shape index (κ1) is 21.4. The van der Waals surface area contributed by atoms with Gasteiger partial charge in [-0.2, -0.15) is 9.63 Å². The van der Waals surface area contributed by atoms with Crippen LogP contribution in [-0.2, 0) is 17.9 Å². The van der Waals surface area contributed by atoms with Gasteiger partial charge < -0.3 is 20.2 Å². The Bertz CT molecular complexity index is 1230. The van der Waals surface area contributed by atoms with Crippen LogP contribution in [0.2, 0.25) is 0 Å². The Morgan fingerprint density at radius 3 is 2.58 bits per heavy atom. The van der Waals surface area contributed by atoms with E-state index in [1.54, 1.807) is 18.2 Å². The van der Waals surface area contributed by atoms with Crippen molar-refractivity contribution >= 4 is 34.3 Å². The third-order valence-corrected chi connectivity index (χ3v) is 5.64. The molecule has 4 aromatic rings. The average Bonchev–Trinajstić information content (AvgIpc) is 2.78. The molecule has 0 bridgehead atoms. The molecule has 0 radical (unpaired) electrons. The van der Waals surface area contributed by atoms with Crippen molar-refractivity contribution in [1.82, 2.24) is 10.4 Å². The fraction of sp³-hybridized carbons (Fsp3) is 0.208. The summed E-state index contributed by atoms with van der Waals surface area (Å²) >= 11 is 0. The lowest BCUT2D eigenvalue weighted by Gasteiger charge is -2.18. The summed E-state index contributed by atoms with van der Waals surface area (Å²) in [6, 6.07) is 20.4. The summed E-state index contributed by atoms with van der Waals surface area (Å²) in [6.45, 7) is 1.19. The van der Waals surface area contributed by atoms with Gasteiger partial charge in [0.15, 0.2) is 6.20 Å². The molecule has 0 saturated carbocycles. The molecule has 1 aromatic heterocycles. The minimum atomic E-state index is -1.57. The van der Waals surface area contributed by atoms with Crippen LogP contribution < -0.4 is 15.3 Å². The summed E-state index contributed by atoms with van der Waals surface area (Å²) < 4.78 is 2.13. The molecule has 0 amide bonds. The van der Waals surface area contributed by atoms with E-state index in [0.29, 0.717) is 12.0 Å². The fourth-order valence-corrected chi connectivity index (χ4v) is 4.10. The topological polar surface area (TPSA) is 68.8 Å². The van der Waals surface area contributed by atoms with Crippen molar-refractivity contribution in [2.24, 2.45) is 0 Å². The minimum absolute atomic E-state index is 0.402. The zero-order valence-electron chi connectivity index (χ0n) is 18.0. The Hall–Kier alpha value is -2.81. The molecule has 0 aliphatic rings. The molecule has 0 spiro atoms. The zero-order valence-corrected chi connectivity index (χ0v) is 18.0. The van der Waals surface area contributed by atoms with Gasteiger partial charge in [-0.3, -0.25) is 0 Å². The maximum absolute atomic E-state index is 10.0. The van der Waals surface area contributed by atoms with Crippen LogP contribution >= 0.6 is 0 Å². The van der Waals surface area contributed by atoms with Crippen LogP contribution in [0.5, 0.6) is 0 Å². The molecule has 6 nitrogen and oxygen atoms in total. The highest BCUT2D eigenvalue weighted by Gasteiger charge is 2.26. The lowest BCUT2D eigenvalue weighted by atomic mass is 9.76. The Labute approximate surface area is 182 Å². The number of benzene rings is 3. The first-order valence-corrected chi connectivity index (χ1v) is 10.3. The first-order valence-electron chi connectivity index (χ1n) is 10.3. The molecule has 0 aliphatic carbocycles. The van der Waals surface area contributed by atoms with Gasteiger partial charge >= 0.3 is 7.12 Å². The van der Waals surface area contributed by atoms with E-state index in [4.69, 9.17) is 4.84 Å². The van der Waals surface area contributed by atoms with Crippen molar-refractivity contribution in [3.63, 3.8) is 0 Å². The normalized spacial score (nSPS) is 11.5. The van der Waals surface area contributed by atoms with Crippen LogP contribution in [0.1, 0.15) is 11.1 Å². The van der Waals surface area contributed by atoms with Crippen molar-refractivity contribution in [3.8, 4) is 5.69 Å². The van der Waals surface area contributed by atoms with E-state index in [9.17, 15) is 10.0 Å². The summed E-state index contributed by atoms with van der Waals surface area (Å²) in [4.78, 5) is 5.33. The van der Waals surface area contributed by atoms with E-state index in [1.165, 1.54) is 10.9 Å². The van der Waals surface area contributed by atoms with Gasteiger partial charge in [0.1, 0.15) is 0 Å². The van der Waals surface area contributed by atoms with Gasteiger partial charge in [0, 0.05) is 42.1 Å². The van der Waals surface area contributed by atoms with Crippen LogP contribution in [0.3, 0.4) is 0 Å². The fourth-order valence-electron chi connectivity index (χ4n) is 4.10. The van der Waals surface area contributed by atoms with E-state index in [0.717, 1.165) is 34.1 Å². The molecule has 0 aliphatic heterocycles. The zero-order chi connectivity index (χ0) is 22.0. The average molecular weight is 416 g/mol. The minimum Gasteiger partial charge on any atom is -0.423 e. The maximum atomic E-state index is 10.0. The van der Waals surface area contributed by atoms with E-state index in [2.05, 4.69) is 52.5 Å². The van der Waals surface area contributed by atoms with Crippen molar-refractivity contribution in [1.29, 1.82) is 0 Å². The molecule has 1 heterocycles. The molecule has 158 valence electrons. The lowest BCUT2D eigenvalue weighted by Crippen LogP contribution is -2.41. The third kappa shape index (κ3) is 4.19. The number of nitrogens with one attached hydrogen (secondary N) is 1. The Morgan fingerprint density at radius 1 is 1.03 bits per heavy atom. The van der Waals surface area contributed by atoms with Gasteiger partial charge in [-0.1, -0.05) is 36.4 Å². The predicted molar refractivity (Wildman–Crippen MR) is 124 cm³/mol. The number of nitrogens with zero attached hydrogens (tertiary/aromatic N) is 2. The highest BCUT2D eigenvalue weighted by Crippen LogP contribution is 2.25. The Morgan fingerprint density at radius 2 is 1.84 bits per heavy atom. The summed E-state index contributed by atoms with van der Waals surface area (Å²) in [5.41, 5.74) is 4.39. The van der Waals surface area contributed by atoms with Gasteiger partial charge in [0.25, 0.3) is 0 Å². The number of hydrogen-bond acceptors (Lipinski definition) is 5. The van der Waals surface area contributed by atoms with Gasteiger partial charge in [-0.25, -0.2) is 0 Å². The number of pyridine rings is 1. The van der Waals surface area contributed by atoms with Gasteiger partial charge in [0.2, 0.25) is 11.2 Å². The number of fused-ring (bicyclic) bond motifs is 3. The second kappa shape index (κ2) is 9.14. The van der Waals surface area contributed by atoms with Gasteiger partial charge in [-0.15, -0.1) is 0 Å². The quantitative estimate of drug-likeness (QED) is 0.185. The first-order chi connectivity index (χ1) is 15.0. The smallest absolute Gasteiger partial charge is 0.423 e. The number of hydroxylamine groups is 2. The molecule has 31 heavy (non-hydrogen) atoms. The van der Waals surface area contributed by atoms with Crippen LogP contribution in [0, 0.1) is 0 Å². The Balaban J connectivity index is 2.04. The SMILES string of the molecule is CNCc1ccc2c(c1)c1ccccc1c[n+]2-c1cccc(B(O)O)c1CN(C)OC.